The maximum Gasteiger partial charge on any atom is 0.231 e. The van der Waals surface area contributed by atoms with E-state index >= 15 is 0 Å². The molecule has 1 saturated heterocycles. The summed E-state index contributed by atoms with van der Waals surface area (Å²) in [5, 5.41) is 7.50. The van der Waals surface area contributed by atoms with Gasteiger partial charge >= 0.3 is 0 Å². The van der Waals surface area contributed by atoms with E-state index in [1.54, 1.807) is 11.8 Å². The van der Waals surface area contributed by atoms with Gasteiger partial charge in [-0.2, -0.15) is 0 Å². The van der Waals surface area contributed by atoms with E-state index in [1.807, 2.05) is 0 Å². The number of amides is 1. The molecule has 1 aromatic carbocycles. The van der Waals surface area contributed by atoms with Crippen LogP contribution >= 0.6 is 0 Å². The highest BCUT2D eigenvalue weighted by Gasteiger charge is 2.25. The van der Waals surface area contributed by atoms with Crippen molar-refractivity contribution in [3.05, 3.63) is 41.6 Å². The van der Waals surface area contributed by atoms with Crippen LogP contribution in [0.25, 0.3) is 0 Å². The Balaban J connectivity index is 1.51. The summed E-state index contributed by atoms with van der Waals surface area (Å²) in [4.78, 5) is 13.9. The summed E-state index contributed by atoms with van der Waals surface area (Å²) in [5.74, 6) is -0.708. The fourth-order valence-corrected chi connectivity index (χ4v) is 2.62. The van der Waals surface area contributed by atoms with Gasteiger partial charge in [0.1, 0.15) is 18.3 Å². The Kier molecular flexibility index (Phi) is 4.73. The molecule has 2 heterocycles. The second-order valence-electron chi connectivity index (χ2n) is 5.66. The van der Waals surface area contributed by atoms with E-state index in [-0.39, 0.29) is 24.2 Å². The van der Waals surface area contributed by atoms with Gasteiger partial charge in [0.05, 0.1) is 0 Å². The Morgan fingerprint density at radius 1 is 1.33 bits per heavy atom. The highest BCUT2D eigenvalue weighted by atomic mass is 19.1. The van der Waals surface area contributed by atoms with Crippen LogP contribution in [0, 0.1) is 18.6 Å². The zero-order valence-corrected chi connectivity index (χ0v) is 13.2. The molecule has 6 nitrogen and oxygen atoms in total. The number of aryl methyl sites for hydroxylation is 1. The average molecular weight is 337 g/mol. The van der Waals surface area contributed by atoms with Crippen LogP contribution in [0.4, 0.5) is 8.78 Å². The number of carbonyl (C=O) groups is 1. The van der Waals surface area contributed by atoms with Crippen molar-refractivity contribution < 1.29 is 22.7 Å². The minimum atomic E-state index is -0.722. The number of benzene rings is 1. The van der Waals surface area contributed by atoms with Gasteiger partial charge in [0.2, 0.25) is 17.7 Å². The molecule has 0 N–H and O–H groups in total. The first kappa shape index (κ1) is 16.4. The third kappa shape index (κ3) is 3.87. The smallest absolute Gasteiger partial charge is 0.231 e. The summed E-state index contributed by atoms with van der Waals surface area (Å²) in [6.45, 7) is 2.66. The molecule has 1 aromatic heterocycles. The Hall–Kier alpha value is -2.51. The predicted molar refractivity (Wildman–Crippen MR) is 79.3 cm³/mol. The van der Waals surface area contributed by atoms with Crippen LogP contribution in [0.3, 0.4) is 0 Å². The van der Waals surface area contributed by atoms with Crippen LogP contribution in [-0.2, 0) is 11.2 Å². The first-order chi connectivity index (χ1) is 11.5. The Morgan fingerprint density at radius 3 is 2.71 bits per heavy atom. The summed E-state index contributed by atoms with van der Waals surface area (Å²) in [6, 6.07) is 3.23. The van der Waals surface area contributed by atoms with Gasteiger partial charge in [-0.3, -0.25) is 4.79 Å². The van der Waals surface area contributed by atoms with Crippen molar-refractivity contribution >= 4 is 5.91 Å². The lowest BCUT2D eigenvalue weighted by atomic mass is 10.1. The van der Waals surface area contributed by atoms with Gasteiger partial charge in [-0.1, -0.05) is 0 Å². The molecule has 3 rings (SSSR count). The van der Waals surface area contributed by atoms with Crippen molar-refractivity contribution in [3.63, 3.8) is 0 Å². The van der Waals surface area contributed by atoms with Crippen molar-refractivity contribution in [3.8, 4) is 5.75 Å². The van der Waals surface area contributed by atoms with Crippen molar-refractivity contribution in [2.45, 2.75) is 32.3 Å². The summed E-state index contributed by atoms with van der Waals surface area (Å²) in [6.07, 6.45) is 1.01. The topological polar surface area (TPSA) is 68.5 Å². The summed E-state index contributed by atoms with van der Waals surface area (Å²) in [7, 11) is 0. The van der Waals surface area contributed by atoms with Crippen LogP contribution in [0.2, 0.25) is 0 Å². The normalized spacial score (nSPS) is 15.5. The number of hydrogen-bond acceptors (Lipinski definition) is 5. The number of likely N-dealkylation sites (tertiary alicyclic amines) is 1. The van der Waals surface area contributed by atoms with Crippen molar-refractivity contribution in [2.24, 2.45) is 0 Å². The van der Waals surface area contributed by atoms with Gasteiger partial charge < -0.3 is 14.1 Å². The number of rotatable bonds is 4. The number of hydrogen-bond donors (Lipinski definition) is 0. The molecule has 24 heavy (non-hydrogen) atoms. The largest absolute Gasteiger partial charge is 0.487 e. The van der Waals surface area contributed by atoms with Crippen LogP contribution < -0.4 is 4.74 Å². The van der Waals surface area contributed by atoms with Crippen LogP contribution in [-0.4, -0.2) is 40.2 Å². The molecular weight excluding hydrogens is 320 g/mol. The van der Waals surface area contributed by atoms with Gasteiger partial charge in [0, 0.05) is 38.9 Å². The highest BCUT2D eigenvalue weighted by Crippen LogP contribution is 2.23. The maximum absolute atomic E-state index is 13.6. The molecule has 0 unspecified atom stereocenters. The quantitative estimate of drug-likeness (QED) is 0.856. The second kappa shape index (κ2) is 6.94. The predicted octanol–water partition coefficient (Wildman–Crippen LogP) is 2.27. The molecule has 0 radical (unpaired) electrons. The molecule has 0 spiro atoms. The lowest BCUT2D eigenvalue weighted by molar-refractivity contribution is -0.132. The molecule has 0 saturated carbocycles. The van der Waals surface area contributed by atoms with Gasteiger partial charge in [0.15, 0.2) is 11.6 Å². The monoisotopic (exact) mass is 337 g/mol. The molecule has 1 aliphatic heterocycles. The number of halogens is 2. The van der Waals surface area contributed by atoms with Gasteiger partial charge in [-0.25, -0.2) is 8.78 Å². The van der Waals surface area contributed by atoms with E-state index in [0.29, 0.717) is 37.7 Å². The SMILES string of the molecule is Cc1nnc(CC(=O)N2CCC(Oc3ccc(F)cc3F)CC2)o1. The summed E-state index contributed by atoms with van der Waals surface area (Å²) >= 11 is 0. The third-order valence-electron chi connectivity index (χ3n) is 3.85. The fraction of sp³-hybridized carbons (Fsp3) is 0.438. The van der Waals surface area contributed by atoms with E-state index in [1.165, 1.54) is 6.07 Å². The van der Waals surface area contributed by atoms with Crippen LogP contribution in [0.5, 0.6) is 5.75 Å². The molecule has 0 atom stereocenters. The molecule has 1 aliphatic rings. The first-order valence-corrected chi connectivity index (χ1v) is 7.70. The Bertz CT molecular complexity index is 727. The van der Waals surface area contributed by atoms with Crippen molar-refractivity contribution in [1.82, 2.24) is 15.1 Å². The van der Waals surface area contributed by atoms with E-state index in [0.717, 1.165) is 12.1 Å². The standard InChI is InChI=1S/C16H17F2N3O3/c1-10-19-20-15(23-10)9-16(22)21-6-4-12(5-7-21)24-14-3-2-11(17)8-13(14)18/h2-3,8,12H,4-7,9H2,1H3. The molecule has 128 valence electrons. The van der Waals surface area contributed by atoms with Crippen molar-refractivity contribution in [1.29, 1.82) is 0 Å². The van der Waals surface area contributed by atoms with Gasteiger partial charge in [-0.15, -0.1) is 10.2 Å². The summed E-state index contributed by atoms with van der Waals surface area (Å²) < 4.78 is 37.3. The second-order valence-corrected chi connectivity index (χ2v) is 5.66. The molecule has 8 heteroatoms. The Labute approximate surface area is 137 Å². The van der Waals surface area contributed by atoms with E-state index in [2.05, 4.69) is 10.2 Å². The number of carbonyl (C=O) groups excluding carboxylic acids is 1. The van der Waals surface area contributed by atoms with Crippen LogP contribution in [0.1, 0.15) is 24.6 Å². The zero-order valence-electron chi connectivity index (χ0n) is 13.2. The van der Waals surface area contributed by atoms with E-state index in [9.17, 15) is 13.6 Å². The van der Waals surface area contributed by atoms with E-state index < -0.39 is 11.6 Å². The van der Waals surface area contributed by atoms with Gasteiger partial charge in [0.25, 0.3) is 0 Å². The minimum absolute atomic E-state index is 0.0301. The molecule has 0 bridgehead atoms. The number of ether oxygens (including phenoxy) is 1. The van der Waals surface area contributed by atoms with Crippen LogP contribution in [0.15, 0.2) is 22.6 Å². The molecular formula is C16H17F2N3O3. The molecule has 1 amide bonds. The first-order valence-electron chi connectivity index (χ1n) is 7.70. The maximum atomic E-state index is 13.6. The number of piperidine rings is 1. The third-order valence-corrected chi connectivity index (χ3v) is 3.85. The molecule has 2 aromatic rings. The number of nitrogens with zero attached hydrogens (tertiary/aromatic N) is 3. The van der Waals surface area contributed by atoms with E-state index in [4.69, 9.17) is 9.15 Å². The Morgan fingerprint density at radius 2 is 2.08 bits per heavy atom. The number of aromatic nitrogens is 2. The van der Waals surface area contributed by atoms with Gasteiger partial charge in [-0.05, 0) is 12.1 Å². The molecule has 1 fully saturated rings. The fourth-order valence-electron chi connectivity index (χ4n) is 2.62. The summed E-state index contributed by atoms with van der Waals surface area (Å²) in [5.41, 5.74) is 0. The zero-order chi connectivity index (χ0) is 17.1. The molecule has 0 aliphatic carbocycles. The lowest BCUT2D eigenvalue weighted by Crippen LogP contribution is -2.42. The average Bonchev–Trinajstić information content (AvgIpc) is 2.96. The van der Waals surface area contributed by atoms with Crippen molar-refractivity contribution in [2.75, 3.05) is 13.1 Å². The lowest BCUT2D eigenvalue weighted by Gasteiger charge is -2.32. The minimum Gasteiger partial charge on any atom is -0.487 e. The highest BCUT2D eigenvalue weighted by molar-refractivity contribution is 5.77.